The van der Waals surface area contributed by atoms with Crippen molar-refractivity contribution in [2.24, 2.45) is 5.92 Å². The molecule has 8 nitrogen and oxygen atoms in total. The summed E-state index contributed by atoms with van der Waals surface area (Å²) in [6.45, 7) is 15.6. The average Bonchev–Trinajstić information content (AvgIpc) is 3.64. The van der Waals surface area contributed by atoms with E-state index in [1.54, 1.807) is 0 Å². The van der Waals surface area contributed by atoms with Gasteiger partial charge in [-0.1, -0.05) is 155 Å². The minimum absolute atomic E-state index is 0.0157. The van der Waals surface area contributed by atoms with Gasteiger partial charge in [0.15, 0.2) is 0 Å². The van der Waals surface area contributed by atoms with Crippen molar-refractivity contribution in [3.8, 4) is 0 Å². The van der Waals surface area contributed by atoms with Gasteiger partial charge in [0.05, 0.1) is 18.8 Å². The molecule has 1 aromatic heterocycles. The van der Waals surface area contributed by atoms with Gasteiger partial charge < -0.3 is 14.4 Å². The third kappa shape index (κ3) is 34.4. The van der Waals surface area contributed by atoms with Gasteiger partial charge in [-0.05, 0) is 102 Å². The zero-order chi connectivity index (χ0) is 41.4. The van der Waals surface area contributed by atoms with Crippen LogP contribution in [-0.4, -0.2) is 64.2 Å². The van der Waals surface area contributed by atoms with Crippen LogP contribution in [0, 0.1) is 5.92 Å². The molecule has 0 spiro atoms. The molecule has 0 fully saturated rings. The Balaban J connectivity index is 2.39. The monoisotopic (exact) mass is 801 g/mol. The Labute approximate surface area is 352 Å². The number of hydrogen-bond acceptors (Lipinski definition) is 7. The molecule has 1 aromatic rings. The van der Waals surface area contributed by atoms with Gasteiger partial charge in [-0.2, -0.15) is 0 Å². The fourth-order valence-electron chi connectivity index (χ4n) is 7.47. The Morgan fingerprint density at radius 1 is 0.632 bits per heavy atom. The molecule has 332 valence electrons. The van der Waals surface area contributed by atoms with Crippen molar-refractivity contribution < 1.29 is 19.1 Å². The van der Waals surface area contributed by atoms with Crippen LogP contribution in [0.25, 0.3) is 0 Å². The third-order valence-electron chi connectivity index (χ3n) is 11.0. The Morgan fingerprint density at radius 3 is 1.75 bits per heavy atom. The van der Waals surface area contributed by atoms with Crippen LogP contribution in [0.5, 0.6) is 0 Å². The van der Waals surface area contributed by atoms with Gasteiger partial charge in [0.2, 0.25) is 0 Å². The normalized spacial score (nSPS) is 11.9. The van der Waals surface area contributed by atoms with Crippen LogP contribution >= 0.6 is 0 Å². The van der Waals surface area contributed by atoms with Gasteiger partial charge in [0.25, 0.3) is 0 Å². The van der Waals surface area contributed by atoms with Gasteiger partial charge >= 0.3 is 11.9 Å². The number of carbonyl (C=O) groups is 2. The number of allylic oxidation sites excluding steroid dienone is 2. The van der Waals surface area contributed by atoms with E-state index in [1.165, 1.54) is 103 Å². The van der Waals surface area contributed by atoms with E-state index in [4.69, 9.17) is 9.47 Å². The first-order valence-electron chi connectivity index (χ1n) is 24.5. The molecule has 1 rings (SSSR count). The number of aromatic nitrogens is 3. The Hall–Kier alpha value is -2.22. The lowest BCUT2D eigenvalue weighted by Crippen LogP contribution is -2.30. The van der Waals surface area contributed by atoms with Gasteiger partial charge in [-0.3, -0.25) is 14.3 Å². The van der Waals surface area contributed by atoms with Crippen LogP contribution in [-0.2, 0) is 32.0 Å². The highest BCUT2D eigenvalue weighted by Crippen LogP contribution is 2.18. The van der Waals surface area contributed by atoms with Crippen molar-refractivity contribution in [3.05, 3.63) is 24.0 Å². The predicted octanol–water partition coefficient (Wildman–Crippen LogP) is 13.6. The highest BCUT2D eigenvalue weighted by molar-refractivity contribution is 5.69. The zero-order valence-electron chi connectivity index (χ0n) is 38.3. The van der Waals surface area contributed by atoms with Crippen molar-refractivity contribution in [2.75, 3.05) is 26.2 Å². The van der Waals surface area contributed by atoms with Crippen molar-refractivity contribution in [2.45, 2.75) is 246 Å². The Kier molecular flexibility index (Phi) is 36.4. The number of carbonyl (C=O) groups excluding carboxylic acids is 2. The molecule has 0 atom stereocenters. The molecular formula is C49H92N4O4. The predicted molar refractivity (Wildman–Crippen MR) is 241 cm³/mol. The molecule has 1 heterocycles. The second-order valence-electron chi connectivity index (χ2n) is 17.3. The van der Waals surface area contributed by atoms with Crippen LogP contribution < -0.4 is 0 Å². The highest BCUT2D eigenvalue weighted by atomic mass is 16.5. The lowest BCUT2D eigenvalue weighted by atomic mass is 10.0. The molecule has 0 saturated heterocycles. The molecule has 0 aliphatic rings. The Bertz CT molecular complexity index is 1060. The fourth-order valence-corrected chi connectivity index (χ4v) is 7.47. The molecule has 0 aliphatic heterocycles. The maximum atomic E-state index is 12.9. The summed E-state index contributed by atoms with van der Waals surface area (Å²) in [6.07, 6.45) is 41.5. The smallest absolute Gasteiger partial charge is 0.306 e. The van der Waals surface area contributed by atoms with Crippen molar-refractivity contribution >= 4 is 11.9 Å². The number of hydrogen-bond donors (Lipinski definition) is 0. The number of rotatable bonds is 42. The third-order valence-corrected chi connectivity index (χ3v) is 11.0. The second kappa shape index (κ2) is 39.3. The van der Waals surface area contributed by atoms with Crippen LogP contribution in [0.3, 0.4) is 0 Å². The summed E-state index contributed by atoms with van der Waals surface area (Å²) < 4.78 is 13.6. The van der Waals surface area contributed by atoms with E-state index in [1.807, 2.05) is 4.68 Å². The summed E-state index contributed by atoms with van der Waals surface area (Å²) in [4.78, 5) is 27.7. The molecule has 0 unspecified atom stereocenters. The number of unbranched alkanes of at least 4 members (excludes halogenated alkanes) is 20. The van der Waals surface area contributed by atoms with Gasteiger partial charge in [-0.25, -0.2) is 0 Å². The van der Waals surface area contributed by atoms with Gasteiger partial charge in [-0.15, -0.1) is 5.10 Å². The zero-order valence-corrected chi connectivity index (χ0v) is 38.3. The van der Waals surface area contributed by atoms with E-state index >= 15 is 0 Å². The lowest BCUT2D eigenvalue weighted by Gasteiger charge is -2.22. The van der Waals surface area contributed by atoms with E-state index in [9.17, 15) is 9.59 Å². The van der Waals surface area contributed by atoms with E-state index in [2.05, 4.69) is 68.2 Å². The minimum Gasteiger partial charge on any atom is -0.466 e. The molecule has 8 heteroatoms. The SMILES string of the molecule is CCCCC/C=C\CCCOC(=O)CCCCCN(CCCCCCCC(=O)OC(CCCCCCCC)CCCCCCCC)CCn1cc(CC(C)C)nn1. The quantitative estimate of drug-likeness (QED) is 0.0370. The van der Waals surface area contributed by atoms with Crippen molar-refractivity contribution in [1.29, 1.82) is 0 Å². The van der Waals surface area contributed by atoms with Crippen LogP contribution in [0.2, 0.25) is 0 Å². The van der Waals surface area contributed by atoms with E-state index < -0.39 is 0 Å². The summed E-state index contributed by atoms with van der Waals surface area (Å²) in [5, 5.41) is 8.78. The number of nitrogens with zero attached hydrogens (tertiary/aromatic N) is 4. The summed E-state index contributed by atoms with van der Waals surface area (Å²) in [6, 6.07) is 0. The molecule has 0 bridgehead atoms. The Morgan fingerprint density at radius 2 is 1.14 bits per heavy atom. The van der Waals surface area contributed by atoms with E-state index in [-0.39, 0.29) is 18.0 Å². The minimum atomic E-state index is -0.0587. The summed E-state index contributed by atoms with van der Waals surface area (Å²) in [7, 11) is 0. The number of esters is 2. The van der Waals surface area contributed by atoms with Crippen LogP contribution in [0.15, 0.2) is 18.3 Å². The van der Waals surface area contributed by atoms with Crippen LogP contribution in [0.1, 0.15) is 233 Å². The van der Waals surface area contributed by atoms with E-state index in [0.717, 1.165) is 115 Å². The molecule has 57 heavy (non-hydrogen) atoms. The largest absolute Gasteiger partial charge is 0.466 e. The maximum Gasteiger partial charge on any atom is 0.306 e. The summed E-state index contributed by atoms with van der Waals surface area (Å²) in [5.41, 5.74) is 1.07. The molecule has 0 amide bonds. The molecule has 0 saturated carbocycles. The topological polar surface area (TPSA) is 86.5 Å². The molecule has 0 aromatic carbocycles. The van der Waals surface area contributed by atoms with Gasteiger partial charge in [0.1, 0.15) is 6.10 Å². The second-order valence-corrected chi connectivity index (χ2v) is 17.3. The molecule has 0 aliphatic carbocycles. The average molecular weight is 801 g/mol. The summed E-state index contributed by atoms with van der Waals surface area (Å²) >= 11 is 0. The van der Waals surface area contributed by atoms with Gasteiger partial charge in [0, 0.05) is 25.6 Å². The first kappa shape index (κ1) is 52.8. The maximum absolute atomic E-state index is 12.9. The first-order valence-corrected chi connectivity index (χ1v) is 24.5. The molecule has 0 N–H and O–H groups in total. The first-order chi connectivity index (χ1) is 27.9. The number of ether oxygens (including phenoxy) is 2. The lowest BCUT2D eigenvalue weighted by molar-refractivity contribution is -0.150. The van der Waals surface area contributed by atoms with Crippen molar-refractivity contribution in [1.82, 2.24) is 19.9 Å². The standard InChI is InChI=1S/C49H92N4O4/c1-6-9-12-15-18-19-25-33-42-56-48(54)36-30-26-32-39-52(40-41-53-44-46(50-51-53)43-45(4)5)38-31-24-20-23-29-37-49(55)57-47(34-27-21-16-13-10-7-2)35-28-22-17-14-11-8-3/h18-19,44-45,47H,6-17,20-43H2,1-5H3/b19-18-. The van der Waals surface area contributed by atoms with Crippen LogP contribution in [0.4, 0.5) is 0 Å². The molecule has 0 radical (unpaired) electrons. The van der Waals surface area contributed by atoms with E-state index in [0.29, 0.717) is 25.4 Å². The summed E-state index contributed by atoms with van der Waals surface area (Å²) in [5.74, 6) is 0.525. The highest BCUT2D eigenvalue weighted by Gasteiger charge is 2.15. The molecular weight excluding hydrogens is 709 g/mol. The fraction of sp³-hybridized carbons (Fsp3) is 0.878. The van der Waals surface area contributed by atoms with Crippen molar-refractivity contribution in [3.63, 3.8) is 0 Å².